The monoisotopic (exact) mass is 438 g/mol. The number of benzene rings is 3. The molecule has 0 bridgehead atoms. The second-order valence-corrected chi connectivity index (χ2v) is 7.24. The summed E-state index contributed by atoms with van der Waals surface area (Å²) in [5.41, 5.74) is 1.10. The second kappa shape index (κ2) is 8.66. The van der Waals surface area contributed by atoms with E-state index in [2.05, 4.69) is 0 Å². The van der Waals surface area contributed by atoms with Gasteiger partial charge in [-0.2, -0.15) is 0 Å². The number of hydrogen-bond acceptors (Lipinski definition) is 4. The minimum absolute atomic E-state index is 0.208. The number of ketones is 1. The molecule has 0 aliphatic carbocycles. The highest BCUT2D eigenvalue weighted by atomic mass is 35.5. The highest BCUT2D eigenvalue weighted by Gasteiger charge is 2.16. The molecule has 0 radical (unpaired) electrons. The van der Waals surface area contributed by atoms with Crippen LogP contribution in [-0.4, -0.2) is 12.9 Å². The van der Waals surface area contributed by atoms with Crippen LogP contribution in [0.4, 0.5) is 0 Å². The fourth-order valence-electron chi connectivity index (χ4n) is 2.94. The molecule has 0 saturated heterocycles. The van der Waals surface area contributed by atoms with E-state index in [1.54, 1.807) is 61.7 Å². The average molecular weight is 439 g/mol. The SMILES string of the molecule is COc1ccccc1Oc1ccc(C(=O)c2ccc(-c3cc(Cl)ccc3Cl)o2)cc1. The van der Waals surface area contributed by atoms with Crippen LogP contribution in [0.25, 0.3) is 11.3 Å². The molecule has 4 rings (SSSR count). The van der Waals surface area contributed by atoms with Gasteiger partial charge in [-0.25, -0.2) is 0 Å². The third kappa shape index (κ3) is 4.20. The largest absolute Gasteiger partial charge is 0.493 e. The van der Waals surface area contributed by atoms with E-state index in [0.717, 1.165) is 0 Å². The van der Waals surface area contributed by atoms with Crippen molar-refractivity contribution in [2.45, 2.75) is 0 Å². The maximum Gasteiger partial charge on any atom is 0.228 e. The van der Waals surface area contributed by atoms with Crippen molar-refractivity contribution in [3.05, 3.63) is 100 Å². The quantitative estimate of drug-likeness (QED) is 0.296. The van der Waals surface area contributed by atoms with Gasteiger partial charge in [0.1, 0.15) is 11.5 Å². The van der Waals surface area contributed by atoms with E-state index in [1.807, 2.05) is 24.3 Å². The molecule has 0 N–H and O–H groups in total. The van der Waals surface area contributed by atoms with Gasteiger partial charge in [0, 0.05) is 16.1 Å². The first-order chi connectivity index (χ1) is 14.5. The summed E-state index contributed by atoms with van der Waals surface area (Å²) in [5.74, 6) is 2.24. The molecule has 6 heteroatoms. The highest BCUT2D eigenvalue weighted by molar-refractivity contribution is 6.35. The highest BCUT2D eigenvalue weighted by Crippen LogP contribution is 2.33. The molecule has 0 spiro atoms. The molecule has 0 amide bonds. The van der Waals surface area contributed by atoms with Crippen molar-refractivity contribution in [1.82, 2.24) is 0 Å². The average Bonchev–Trinajstić information content (AvgIpc) is 3.26. The van der Waals surface area contributed by atoms with E-state index in [4.69, 9.17) is 37.1 Å². The van der Waals surface area contributed by atoms with E-state index in [9.17, 15) is 4.79 Å². The number of furan rings is 1. The van der Waals surface area contributed by atoms with Crippen LogP contribution in [0.2, 0.25) is 10.0 Å². The first-order valence-electron chi connectivity index (χ1n) is 9.06. The summed E-state index contributed by atoms with van der Waals surface area (Å²) in [4.78, 5) is 12.8. The Hall–Kier alpha value is -3.21. The Balaban J connectivity index is 1.53. The Bertz CT molecular complexity index is 1200. The first-order valence-corrected chi connectivity index (χ1v) is 9.81. The van der Waals surface area contributed by atoms with Crippen molar-refractivity contribution in [3.8, 4) is 28.6 Å². The predicted molar refractivity (Wildman–Crippen MR) is 117 cm³/mol. The number of carbonyl (C=O) groups is 1. The van der Waals surface area contributed by atoms with Gasteiger partial charge in [0.25, 0.3) is 0 Å². The molecule has 150 valence electrons. The van der Waals surface area contributed by atoms with Gasteiger partial charge in [0.2, 0.25) is 5.78 Å². The third-order valence-electron chi connectivity index (χ3n) is 4.44. The molecule has 4 aromatic rings. The molecule has 3 aromatic carbocycles. The molecule has 0 fully saturated rings. The lowest BCUT2D eigenvalue weighted by atomic mass is 10.1. The molecule has 0 atom stereocenters. The van der Waals surface area contributed by atoms with E-state index in [0.29, 0.717) is 44.2 Å². The van der Waals surface area contributed by atoms with Gasteiger partial charge in [-0.1, -0.05) is 35.3 Å². The van der Waals surface area contributed by atoms with Crippen LogP contribution in [0.3, 0.4) is 0 Å². The first kappa shape index (κ1) is 20.1. The number of hydrogen-bond donors (Lipinski definition) is 0. The molecule has 0 aliphatic heterocycles. The lowest BCUT2D eigenvalue weighted by molar-refractivity contribution is 0.101. The Kier molecular flexibility index (Phi) is 5.79. The fourth-order valence-corrected chi connectivity index (χ4v) is 3.32. The molecule has 0 aliphatic rings. The third-order valence-corrected chi connectivity index (χ3v) is 5.00. The van der Waals surface area contributed by atoms with Crippen LogP contribution in [0, 0.1) is 0 Å². The van der Waals surface area contributed by atoms with Gasteiger partial charge < -0.3 is 13.9 Å². The summed E-state index contributed by atoms with van der Waals surface area (Å²) in [6, 6.07) is 22.5. The lowest BCUT2D eigenvalue weighted by Gasteiger charge is -2.10. The van der Waals surface area contributed by atoms with Gasteiger partial charge in [0.05, 0.1) is 12.1 Å². The molecule has 30 heavy (non-hydrogen) atoms. The number of para-hydroxylation sites is 2. The minimum Gasteiger partial charge on any atom is -0.493 e. The van der Waals surface area contributed by atoms with Crippen molar-refractivity contribution in [3.63, 3.8) is 0 Å². The van der Waals surface area contributed by atoms with E-state index >= 15 is 0 Å². The second-order valence-electron chi connectivity index (χ2n) is 6.39. The maximum absolute atomic E-state index is 12.8. The lowest BCUT2D eigenvalue weighted by Crippen LogP contribution is -1.99. The summed E-state index contributed by atoms with van der Waals surface area (Å²) in [6.45, 7) is 0. The Morgan fingerprint density at radius 1 is 0.867 bits per heavy atom. The van der Waals surface area contributed by atoms with E-state index in [-0.39, 0.29) is 11.5 Å². The molecule has 0 unspecified atom stereocenters. The Labute approximate surface area is 183 Å². The van der Waals surface area contributed by atoms with Crippen LogP contribution in [0.1, 0.15) is 16.1 Å². The van der Waals surface area contributed by atoms with Crippen LogP contribution in [0.15, 0.2) is 83.3 Å². The van der Waals surface area contributed by atoms with Crippen molar-refractivity contribution in [1.29, 1.82) is 0 Å². The zero-order chi connectivity index (χ0) is 21.1. The molecule has 1 aromatic heterocycles. The number of carbonyl (C=O) groups excluding carboxylic acids is 1. The molecule has 4 nitrogen and oxygen atoms in total. The molecular weight excluding hydrogens is 423 g/mol. The van der Waals surface area contributed by atoms with Crippen molar-refractivity contribution in [2.24, 2.45) is 0 Å². The summed E-state index contributed by atoms with van der Waals surface area (Å²) in [6.07, 6.45) is 0. The standard InChI is InChI=1S/C24H16Cl2O4/c1-28-21-4-2-3-5-22(21)29-17-9-6-15(7-10-17)24(27)23-13-12-20(30-23)18-14-16(25)8-11-19(18)26/h2-14H,1H3. The van der Waals surface area contributed by atoms with Gasteiger partial charge in [-0.15, -0.1) is 0 Å². The van der Waals surface area contributed by atoms with Crippen LogP contribution in [0.5, 0.6) is 17.2 Å². The number of methoxy groups -OCH3 is 1. The fraction of sp³-hybridized carbons (Fsp3) is 0.0417. The Morgan fingerprint density at radius 2 is 1.60 bits per heavy atom. The van der Waals surface area contributed by atoms with Gasteiger partial charge in [-0.05, 0) is 66.7 Å². The summed E-state index contributed by atoms with van der Waals surface area (Å²) < 4.78 is 16.9. The summed E-state index contributed by atoms with van der Waals surface area (Å²) in [5, 5.41) is 1.02. The predicted octanol–water partition coefficient (Wildman–Crippen LogP) is 7.29. The number of ether oxygens (including phenoxy) is 2. The smallest absolute Gasteiger partial charge is 0.228 e. The molecule has 0 saturated carbocycles. The van der Waals surface area contributed by atoms with Gasteiger partial charge in [0.15, 0.2) is 17.3 Å². The Morgan fingerprint density at radius 3 is 2.33 bits per heavy atom. The van der Waals surface area contributed by atoms with E-state index < -0.39 is 0 Å². The van der Waals surface area contributed by atoms with Crippen LogP contribution in [-0.2, 0) is 0 Å². The zero-order valence-corrected chi connectivity index (χ0v) is 17.4. The van der Waals surface area contributed by atoms with E-state index in [1.165, 1.54) is 0 Å². The normalized spacial score (nSPS) is 10.6. The van der Waals surface area contributed by atoms with Crippen molar-refractivity contribution < 1.29 is 18.7 Å². The van der Waals surface area contributed by atoms with Crippen LogP contribution >= 0.6 is 23.2 Å². The molecule has 1 heterocycles. The van der Waals surface area contributed by atoms with Crippen molar-refractivity contribution in [2.75, 3.05) is 7.11 Å². The molecular formula is C24H16Cl2O4. The van der Waals surface area contributed by atoms with Gasteiger partial charge >= 0.3 is 0 Å². The number of rotatable bonds is 6. The summed E-state index contributed by atoms with van der Waals surface area (Å²) in [7, 11) is 1.58. The zero-order valence-electron chi connectivity index (χ0n) is 15.9. The van der Waals surface area contributed by atoms with Crippen molar-refractivity contribution >= 4 is 29.0 Å². The van der Waals surface area contributed by atoms with Gasteiger partial charge in [-0.3, -0.25) is 4.79 Å². The van der Waals surface area contributed by atoms with Crippen LogP contribution < -0.4 is 9.47 Å². The maximum atomic E-state index is 12.8. The summed E-state index contributed by atoms with van der Waals surface area (Å²) >= 11 is 12.3. The topological polar surface area (TPSA) is 48.7 Å². The number of halogens is 2. The minimum atomic E-state index is -0.247.